The standard InChI is InChI=1S/C5H4F3N3O2/c6-5(7,8)1-11-2-9-3(10-11)4(12)13/h2H,1H2,(H,12,13). The van der Waals surface area contributed by atoms with Crippen LogP contribution in [0.25, 0.3) is 0 Å². The normalized spacial score (nSPS) is 11.6. The van der Waals surface area contributed by atoms with Crippen molar-refractivity contribution in [1.82, 2.24) is 14.8 Å². The number of carboxylic acid groups (broad SMARTS) is 1. The van der Waals surface area contributed by atoms with Crippen LogP contribution in [0.1, 0.15) is 10.6 Å². The maximum Gasteiger partial charge on any atom is 0.408 e. The average Bonchev–Trinajstić information content (AvgIpc) is 2.31. The minimum Gasteiger partial charge on any atom is -0.475 e. The summed E-state index contributed by atoms with van der Waals surface area (Å²) in [7, 11) is 0. The van der Waals surface area contributed by atoms with Crippen molar-refractivity contribution in [2.75, 3.05) is 0 Å². The van der Waals surface area contributed by atoms with Gasteiger partial charge in [0.2, 0.25) is 0 Å². The van der Waals surface area contributed by atoms with E-state index in [0.29, 0.717) is 4.68 Å². The molecule has 0 aromatic carbocycles. The summed E-state index contributed by atoms with van der Waals surface area (Å²) in [6.07, 6.45) is -3.71. The van der Waals surface area contributed by atoms with Gasteiger partial charge in [-0.25, -0.2) is 14.5 Å². The lowest BCUT2D eigenvalue weighted by Gasteiger charge is -2.03. The van der Waals surface area contributed by atoms with Gasteiger partial charge in [0, 0.05) is 0 Å². The van der Waals surface area contributed by atoms with Crippen molar-refractivity contribution < 1.29 is 23.1 Å². The Kier molecular flexibility index (Phi) is 2.22. The molecule has 0 aliphatic carbocycles. The molecule has 8 heteroatoms. The van der Waals surface area contributed by atoms with E-state index in [4.69, 9.17) is 5.11 Å². The number of rotatable bonds is 2. The highest BCUT2D eigenvalue weighted by molar-refractivity contribution is 5.82. The summed E-state index contributed by atoms with van der Waals surface area (Å²) in [5, 5.41) is 11.4. The molecule has 0 fully saturated rings. The SMILES string of the molecule is O=C(O)c1ncn(CC(F)(F)F)n1. The molecule has 1 rings (SSSR count). The van der Waals surface area contributed by atoms with E-state index in [2.05, 4.69) is 10.1 Å². The highest BCUT2D eigenvalue weighted by atomic mass is 19.4. The number of hydrogen-bond donors (Lipinski definition) is 1. The zero-order valence-electron chi connectivity index (χ0n) is 6.12. The minimum atomic E-state index is -4.43. The summed E-state index contributed by atoms with van der Waals surface area (Å²) < 4.78 is 35.6. The van der Waals surface area contributed by atoms with E-state index < -0.39 is 24.5 Å². The molecule has 72 valence electrons. The van der Waals surface area contributed by atoms with E-state index in [1.807, 2.05) is 0 Å². The second kappa shape index (κ2) is 3.04. The highest BCUT2D eigenvalue weighted by Gasteiger charge is 2.28. The van der Waals surface area contributed by atoms with Crippen molar-refractivity contribution in [3.05, 3.63) is 12.2 Å². The van der Waals surface area contributed by atoms with Gasteiger partial charge in [-0.05, 0) is 0 Å². The first-order valence-electron chi connectivity index (χ1n) is 3.08. The lowest BCUT2D eigenvalue weighted by Crippen LogP contribution is -2.18. The maximum atomic E-state index is 11.7. The van der Waals surface area contributed by atoms with E-state index in [1.165, 1.54) is 0 Å². The predicted molar refractivity (Wildman–Crippen MR) is 33.0 cm³/mol. The fraction of sp³-hybridized carbons (Fsp3) is 0.400. The van der Waals surface area contributed by atoms with Crippen LogP contribution in [0.5, 0.6) is 0 Å². The van der Waals surface area contributed by atoms with Crippen LogP contribution in [-0.4, -0.2) is 32.0 Å². The Labute approximate surface area is 69.8 Å². The maximum absolute atomic E-state index is 11.7. The summed E-state index contributed by atoms with van der Waals surface area (Å²) in [6.45, 7) is -1.34. The van der Waals surface area contributed by atoms with Crippen molar-refractivity contribution in [3.8, 4) is 0 Å². The first-order valence-corrected chi connectivity index (χ1v) is 3.08. The molecule has 0 saturated heterocycles. The second-order valence-electron chi connectivity index (χ2n) is 2.19. The topological polar surface area (TPSA) is 68.0 Å². The molecule has 1 heterocycles. The van der Waals surface area contributed by atoms with Gasteiger partial charge in [0.25, 0.3) is 5.82 Å². The Balaban J connectivity index is 2.75. The van der Waals surface area contributed by atoms with Gasteiger partial charge in [-0.1, -0.05) is 0 Å². The molecule has 0 unspecified atom stereocenters. The van der Waals surface area contributed by atoms with Crippen LogP contribution in [0.3, 0.4) is 0 Å². The fourth-order valence-corrected chi connectivity index (χ4v) is 0.652. The Bertz CT molecular complexity index is 319. The van der Waals surface area contributed by atoms with Crippen LogP contribution in [0.15, 0.2) is 6.33 Å². The third-order valence-electron chi connectivity index (χ3n) is 1.07. The summed E-state index contributed by atoms with van der Waals surface area (Å²) >= 11 is 0. The average molecular weight is 195 g/mol. The van der Waals surface area contributed by atoms with Crippen molar-refractivity contribution in [1.29, 1.82) is 0 Å². The van der Waals surface area contributed by atoms with Gasteiger partial charge in [0.15, 0.2) is 0 Å². The monoisotopic (exact) mass is 195 g/mol. The molecule has 0 aliphatic heterocycles. The van der Waals surface area contributed by atoms with Crippen LogP contribution in [0.2, 0.25) is 0 Å². The third kappa shape index (κ3) is 2.73. The van der Waals surface area contributed by atoms with E-state index in [9.17, 15) is 18.0 Å². The predicted octanol–water partition coefficient (Wildman–Crippen LogP) is 0.539. The molecule has 0 atom stereocenters. The van der Waals surface area contributed by atoms with Crippen LogP contribution in [0.4, 0.5) is 13.2 Å². The van der Waals surface area contributed by atoms with Gasteiger partial charge in [0.05, 0.1) is 0 Å². The van der Waals surface area contributed by atoms with Gasteiger partial charge in [-0.15, -0.1) is 5.10 Å². The molecule has 1 aromatic rings. The van der Waals surface area contributed by atoms with E-state index in [-0.39, 0.29) is 0 Å². The highest BCUT2D eigenvalue weighted by Crippen LogP contribution is 2.16. The molecule has 0 bridgehead atoms. The summed E-state index contributed by atoms with van der Waals surface area (Å²) in [4.78, 5) is 13.3. The molecule has 0 amide bonds. The molecule has 13 heavy (non-hydrogen) atoms. The molecular weight excluding hydrogens is 191 g/mol. The number of aromatic carboxylic acids is 1. The lowest BCUT2D eigenvalue weighted by molar-refractivity contribution is -0.142. The number of alkyl halides is 3. The van der Waals surface area contributed by atoms with Crippen molar-refractivity contribution in [2.45, 2.75) is 12.7 Å². The first-order chi connectivity index (χ1) is 5.88. The quantitative estimate of drug-likeness (QED) is 0.747. The zero-order valence-corrected chi connectivity index (χ0v) is 6.12. The zero-order chi connectivity index (χ0) is 10.1. The number of carbonyl (C=O) groups is 1. The lowest BCUT2D eigenvalue weighted by atomic mass is 10.6. The van der Waals surface area contributed by atoms with E-state index in [1.54, 1.807) is 0 Å². The Morgan fingerprint density at radius 1 is 1.62 bits per heavy atom. The molecule has 5 nitrogen and oxygen atoms in total. The largest absolute Gasteiger partial charge is 0.475 e. The molecular formula is C5H4F3N3O2. The van der Waals surface area contributed by atoms with Crippen molar-refractivity contribution in [2.24, 2.45) is 0 Å². The summed E-state index contributed by atoms with van der Waals surface area (Å²) in [6, 6.07) is 0. The van der Waals surface area contributed by atoms with Gasteiger partial charge < -0.3 is 5.11 Å². The molecule has 1 N–H and O–H groups in total. The Morgan fingerprint density at radius 3 is 2.62 bits per heavy atom. The van der Waals surface area contributed by atoms with Crippen molar-refractivity contribution in [3.63, 3.8) is 0 Å². The smallest absolute Gasteiger partial charge is 0.408 e. The second-order valence-corrected chi connectivity index (χ2v) is 2.19. The van der Waals surface area contributed by atoms with Crippen LogP contribution in [0, 0.1) is 0 Å². The summed E-state index contributed by atoms with van der Waals surface area (Å²) in [5.74, 6) is -2.11. The summed E-state index contributed by atoms with van der Waals surface area (Å²) in [5.41, 5.74) is 0. The Morgan fingerprint density at radius 2 is 2.23 bits per heavy atom. The van der Waals surface area contributed by atoms with Gasteiger partial charge >= 0.3 is 12.1 Å². The van der Waals surface area contributed by atoms with Gasteiger partial charge in [0.1, 0.15) is 12.9 Å². The molecule has 0 aliphatic rings. The van der Waals surface area contributed by atoms with Crippen molar-refractivity contribution >= 4 is 5.97 Å². The fourth-order valence-electron chi connectivity index (χ4n) is 0.652. The number of halogens is 3. The van der Waals surface area contributed by atoms with Crippen LogP contribution in [-0.2, 0) is 6.54 Å². The van der Waals surface area contributed by atoms with E-state index in [0.717, 1.165) is 6.33 Å². The number of aromatic nitrogens is 3. The van der Waals surface area contributed by atoms with E-state index >= 15 is 0 Å². The van der Waals surface area contributed by atoms with Crippen LogP contribution >= 0.6 is 0 Å². The van der Waals surface area contributed by atoms with Gasteiger partial charge in [-0.2, -0.15) is 13.2 Å². The number of nitrogens with zero attached hydrogens (tertiary/aromatic N) is 3. The number of carboxylic acids is 1. The van der Waals surface area contributed by atoms with Crippen LogP contribution < -0.4 is 0 Å². The Hall–Kier alpha value is -1.60. The molecule has 0 saturated carbocycles. The molecule has 0 spiro atoms. The molecule has 1 aromatic heterocycles. The van der Waals surface area contributed by atoms with Gasteiger partial charge in [-0.3, -0.25) is 0 Å². The third-order valence-corrected chi connectivity index (χ3v) is 1.07. The number of hydrogen-bond acceptors (Lipinski definition) is 3. The minimum absolute atomic E-state index is 0.420. The molecule has 0 radical (unpaired) electrons. The first kappa shape index (κ1) is 9.49.